The second kappa shape index (κ2) is 6.56. The highest BCUT2D eigenvalue weighted by Gasteiger charge is 2.29. The third kappa shape index (κ3) is 3.38. The Balaban J connectivity index is 1.41. The van der Waals surface area contributed by atoms with Gasteiger partial charge in [0.1, 0.15) is 12.1 Å². The second-order valence-electron chi connectivity index (χ2n) is 6.23. The fraction of sp³-hybridized carbons (Fsp3) is 0.500. The molecule has 2 fully saturated rings. The molecule has 1 aliphatic heterocycles. The molecule has 8 nitrogen and oxygen atoms in total. The van der Waals surface area contributed by atoms with Gasteiger partial charge in [0.05, 0.1) is 36.5 Å². The highest BCUT2D eigenvalue weighted by Crippen LogP contribution is 2.34. The summed E-state index contributed by atoms with van der Waals surface area (Å²) in [7, 11) is 0. The van der Waals surface area contributed by atoms with Crippen molar-refractivity contribution in [2.75, 3.05) is 18.5 Å². The predicted octanol–water partition coefficient (Wildman–Crippen LogP) is 1.01. The lowest BCUT2D eigenvalue weighted by Crippen LogP contribution is -2.52. The van der Waals surface area contributed by atoms with Crippen molar-refractivity contribution in [3.05, 3.63) is 36.5 Å². The highest BCUT2D eigenvalue weighted by molar-refractivity contribution is 5.94. The molecule has 0 spiro atoms. The Morgan fingerprint density at radius 1 is 1.29 bits per heavy atom. The lowest BCUT2D eigenvalue weighted by Gasteiger charge is -2.32. The van der Waals surface area contributed by atoms with Crippen molar-refractivity contribution in [3.8, 4) is 0 Å². The predicted molar refractivity (Wildman–Crippen MR) is 86.6 cm³/mol. The van der Waals surface area contributed by atoms with Gasteiger partial charge in [0.25, 0.3) is 5.91 Å². The summed E-state index contributed by atoms with van der Waals surface area (Å²) in [5, 5.41) is 10.7. The van der Waals surface area contributed by atoms with Crippen LogP contribution in [0.2, 0.25) is 0 Å². The fourth-order valence-electron chi connectivity index (χ4n) is 2.86. The van der Waals surface area contributed by atoms with Gasteiger partial charge in [-0.15, -0.1) is 0 Å². The van der Waals surface area contributed by atoms with E-state index in [1.807, 2.05) is 10.9 Å². The van der Waals surface area contributed by atoms with Crippen molar-refractivity contribution >= 4 is 11.7 Å². The van der Waals surface area contributed by atoms with Crippen LogP contribution in [0.1, 0.15) is 35.7 Å². The van der Waals surface area contributed by atoms with E-state index in [1.165, 1.54) is 6.33 Å². The van der Waals surface area contributed by atoms with Crippen LogP contribution in [0.5, 0.6) is 0 Å². The molecule has 0 radical (unpaired) electrons. The molecule has 1 saturated heterocycles. The molecule has 1 amide bonds. The molecule has 2 aromatic rings. The lowest BCUT2D eigenvalue weighted by atomic mass is 10.0. The zero-order valence-electron chi connectivity index (χ0n) is 13.3. The number of hydrogen-bond acceptors (Lipinski definition) is 6. The van der Waals surface area contributed by atoms with Gasteiger partial charge < -0.3 is 15.4 Å². The lowest BCUT2D eigenvalue weighted by molar-refractivity contribution is 0.0620. The maximum absolute atomic E-state index is 12.5. The van der Waals surface area contributed by atoms with Crippen molar-refractivity contribution in [1.82, 2.24) is 25.1 Å². The molecule has 2 aliphatic rings. The van der Waals surface area contributed by atoms with Gasteiger partial charge in [-0.3, -0.25) is 9.48 Å². The van der Waals surface area contributed by atoms with E-state index in [4.69, 9.17) is 4.74 Å². The van der Waals surface area contributed by atoms with Crippen molar-refractivity contribution in [1.29, 1.82) is 0 Å². The Bertz CT molecular complexity index is 700. The number of hydrogen-bond donors (Lipinski definition) is 2. The summed E-state index contributed by atoms with van der Waals surface area (Å²) in [6, 6.07) is 2.22. The zero-order chi connectivity index (χ0) is 16.4. The van der Waals surface area contributed by atoms with E-state index in [-0.39, 0.29) is 18.0 Å². The average molecular weight is 328 g/mol. The summed E-state index contributed by atoms with van der Waals surface area (Å²) in [6.07, 6.45) is 9.69. The van der Waals surface area contributed by atoms with E-state index in [0.29, 0.717) is 24.8 Å². The van der Waals surface area contributed by atoms with Crippen LogP contribution in [0, 0.1) is 0 Å². The molecule has 1 saturated carbocycles. The van der Waals surface area contributed by atoms with Crippen LogP contribution >= 0.6 is 0 Å². The largest absolute Gasteiger partial charge is 0.379 e. The summed E-state index contributed by atoms with van der Waals surface area (Å²) in [6.45, 7) is 1.16. The Kier molecular flexibility index (Phi) is 4.12. The third-order valence-electron chi connectivity index (χ3n) is 4.37. The Hall–Kier alpha value is -2.48. The van der Waals surface area contributed by atoms with Gasteiger partial charge in [-0.05, 0) is 25.3 Å². The Morgan fingerprint density at radius 3 is 3.00 bits per heavy atom. The Labute approximate surface area is 139 Å². The SMILES string of the molecule is O=C(N[C@H]1CCOC[C@H]1Nc1ccncn1)c1cnn(C2CC2)c1. The molecule has 8 heteroatoms. The van der Waals surface area contributed by atoms with E-state index >= 15 is 0 Å². The maximum atomic E-state index is 12.5. The van der Waals surface area contributed by atoms with Gasteiger partial charge in [-0.1, -0.05) is 0 Å². The summed E-state index contributed by atoms with van der Waals surface area (Å²) in [5.74, 6) is 0.629. The second-order valence-corrected chi connectivity index (χ2v) is 6.23. The third-order valence-corrected chi connectivity index (χ3v) is 4.37. The molecule has 0 unspecified atom stereocenters. The molecule has 3 heterocycles. The standard InChI is InChI=1S/C16H20N6O2/c23-16(11-7-19-22(8-11)12-1-2-12)21-13-4-6-24-9-14(13)20-15-3-5-17-10-18-15/h3,5,7-8,10,12-14H,1-2,4,6,9H2,(H,21,23)(H,17,18,20)/t13-,14+/m0/s1. The van der Waals surface area contributed by atoms with Gasteiger partial charge in [-0.2, -0.15) is 5.10 Å². The minimum atomic E-state index is -0.0942. The minimum absolute atomic E-state index is 0.0227. The number of anilines is 1. The highest BCUT2D eigenvalue weighted by atomic mass is 16.5. The van der Waals surface area contributed by atoms with Gasteiger partial charge in [0.2, 0.25) is 0 Å². The number of amides is 1. The van der Waals surface area contributed by atoms with Crippen LogP contribution in [0.25, 0.3) is 0 Å². The molecular weight excluding hydrogens is 308 g/mol. The molecule has 1 aliphatic carbocycles. The topological polar surface area (TPSA) is 94.0 Å². The first-order chi connectivity index (χ1) is 11.8. The number of nitrogens with zero attached hydrogens (tertiary/aromatic N) is 4. The van der Waals surface area contributed by atoms with Gasteiger partial charge in [0.15, 0.2) is 0 Å². The van der Waals surface area contributed by atoms with Crippen LogP contribution in [0.15, 0.2) is 31.0 Å². The van der Waals surface area contributed by atoms with Crippen LogP contribution < -0.4 is 10.6 Å². The smallest absolute Gasteiger partial charge is 0.254 e. The number of ether oxygens (including phenoxy) is 1. The molecule has 24 heavy (non-hydrogen) atoms. The summed E-state index contributed by atoms with van der Waals surface area (Å²) in [4.78, 5) is 20.6. The first-order valence-corrected chi connectivity index (χ1v) is 8.25. The molecule has 2 atom stereocenters. The van der Waals surface area contributed by atoms with Crippen molar-refractivity contribution in [3.63, 3.8) is 0 Å². The van der Waals surface area contributed by atoms with Gasteiger partial charge in [-0.25, -0.2) is 9.97 Å². The number of carbonyl (C=O) groups excluding carboxylic acids is 1. The molecule has 4 rings (SSSR count). The molecular formula is C16H20N6O2. The number of aromatic nitrogens is 4. The summed E-state index contributed by atoms with van der Waals surface area (Å²) < 4.78 is 7.43. The van der Waals surface area contributed by atoms with E-state index in [2.05, 4.69) is 25.7 Å². The van der Waals surface area contributed by atoms with Gasteiger partial charge in [0, 0.05) is 19.0 Å². The molecule has 2 N–H and O–H groups in total. The van der Waals surface area contributed by atoms with E-state index in [9.17, 15) is 4.79 Å². The Morgan fingerprint density at radius 2 is 2.21 bits per heavy atom. The van der Waals surface area contributed by atoms with Crippen LogP contribution in [-0.4, -0.2) is 51.0 Å². The minimum Gasteiger partial charge on any atom is -0.379 e. The quantitative estimate of drug-likeness (QED) is 0.851. The number of nitrogens with one attached hydrogen (secondary N) is 2. The fourth-order valence-corrected chi connectivity index (χ4v) is 2.86. The first-order valence-electron chi connectivity index (χ1n) is 8.25. The monoisotopic (exact) mass is 328 g/mol. The molecule has 126 valence electrons. The average Bonchev–Trinajstić information content (AvgIpc) is 3.34. The van der Waals surface area contributed by atoms with E-state index in [1.54, 1.807) is 18.5 Å². The van der Waals surface area contributed by atoms with Crippen molar-refractivity contribution in [2.24, 2.45) is 0 Å². The van der Waals surface area contributed by atoms with Gasteiger partial charge >= 0.3 is 0 Å². The van der Waals surface area contributed by atoms with Crippen molar-refractivity contribution < 1.29 is 9.53 Å². The summed E-state index contributed by atoms with van der Waals surface area (Å²) >= 11 is 0. The first kappa shape index (κ1) is 15.1. The molecule has 0 bridgehead atoms. The van der Waals surface area contributed by atoms with Crippen LogP contribution in [0.3, 0.4) is 0 Å². The summed E-state index contributed by atoms with van der Waals surface area (Å²) in [5.41, 5.74) is 0.606. The maximum Gasteiger partial charge on any atom is 0.254 e. The molecule has 2 aromatic heterocycles. The van der Waals surface area contributed by atoms with Crippen LogP contribution in [-0.2, 0) is 4.74 Å². The normalized spacial score (nSPS) is 23.7. The molecule has 0 aromatic carbocycles. The van der Waals surface area contributed by atoms with Crippen LogP contribution in [0.4, 0.5) is 5.82 Å². The zero-order valence-corrected chi connectivity index (χ0v) is 13.3. The number of carbonyl (C=O) groups is 1. The van der Waals surface area contributed by atoms with Crippen molar-refractivity contribution in [2.45, 2.75) is 37.4 Å². The number of rotatable bonds is 5. The van der Waals surface area contributed by atoms with E-state index in [0.717, 1.165) is 25.1 Å². The van der Waals surface area contributed by atoms with E-state index < -0.39 is 0 Å².